The number of carbonyl (C=O) groups excluding carboxylic acids is 4. The summed E-state index contributed by atoms with van der Waals surface area (Å²) in [6.45, 7) is 2.76. The van der Waals surface area contributed by atoms with Crippen molar-refractivity contribution in [3.63, 3.8) is 0 Å². The third kappa shape index (κ3) is 32.5. The first-order valence-corrected chi connectivity index (χ1v) is 15.1. The molecule has 0 aliphatic carbocycles. The van der Waals surface area contributed by atoms with Gasteiger partial charge in [0.05, 0.1) is 111 Å². The third-order valence-electron chi connectivity index (χ3n) is 4.89. The van der Waals surface area contributed by atoms with Crippen molar-refractivity contribution in [2.45, 2.75) is 0 Å². The van der Waals surface area contributed by atoms with E-state index in [0.717, 1.165) is 0 Å². The Hall–Kier alpha value is -1.28. The van der Waals surface area contributed by atoms with E-state index >= 15 is 0 Å². The van der Waals surface area contributed by atoms with E-state index in [4.69, 9.17) is 84.3 Å². The molecule has 0 bridgehead atoms. The molecule has 0 saturated heterocycles. The monoisotopic (exact) mass is 736 g/mol. The molecule has 0 atom stereocenters. The van der Waals surface area contributed by atoms with Crippen LogP contribution < -0.4 is 0 Å². The highest BCUT2D eigenvalue weighted by atomic mass is 35.5. The lowest BCUT2D eigenvalue weighted by Crippen LogP contribution is -2.43. The van der Waals surface area contributed by atoms with Crippen LogP contribution in [0.2, 0.25) is 0 Å². The maximum absolute atomic E-state index is 10.6. The van der Waals surface area contributed by atoms with Gasteiger partial charge in [-0.2, -0.15) is 0 Å². The van der Waals surface area contributed by atoms with Crippen LogP contribution >= 0.6 is 46.4 Å². The van der Waals surface area contributed by atoms with E-state index in [0.29, 0.717) is 0 Å². The first-order chi connectivity index (χ1) is 21.7. The topological polar surface area (TPSA) is 179 Å². The van der Waals surface area contributed by atoms with Crippen LogP contribution in [0.1, 0.15) is 0 Å². The predicted octanol–water partition coefficient (Wildman–Crippen LogP) is 3.61. The fraction of sp³-hybridized carbons (Fsp3) is 0.840. The van der Waals surface area contributed by atoms with Gasteiger partial charge in [0.1, 0.15) is 26.4 Å². The highest BCUT2D eigenvalue weighted by Crippen LogP contribution is 2.21. The molecule has 0 N–H and O–H groups in total. The van der Waals surface area contributed by atoms with Crippen molar-refractivity contribution in [3.05, 3.63) is 0 Å². The van der Waals surface area contributed by atoms with Crippen molar-refractivity contribution < 1.29 is 76.0 Å². The van der Waals surface area contributed by atoms with Crippen molar-refractivity contribution in [1.29, 1.82) is 0 Å². The third-order valence-corrected chi connectivity index (χ3v) is 5.33. The Bertz CT molecular complexity index is 654. The van der Waals surface area contributed by atoms with Gasteiger partial charge in [-0.15, -0.1) is 0 Å². The van der Waals surface area contributed by atoms with E-state index in [2.05, 4.69) is 18.9 Å². The van der Waals surface area contributed by atoms with Gasteiger partial charge in [0.2, 0.25) is 0 Å². The highest BCUT2D eigenvalue weighted by molar-refractivity contribution is 6.61. The minimum absolute atomic E-state index is 0.00489. The molecule has 0 radical (unpaired) electrons. The average molecular weight is 738 g/mol. The van der Waals surface area contributed by atoms with E-state index in [1.807, 2.05) is 0 Å². The van der Waals surface area contributed by atoms with Crippen LogP contribution in [-0.2, 0) is 56.8 Å². The number of hydrogen-bond donors (Lipinski definition) is 0. The molecular formula is C25H40Cl4O16. The van der Waals surface area contributed by atoms with Gasteiger partial charge in [-0.1, -0.05) is 0 Å². The normalized spacial score (nSPS) is 11.3. The van der Waals surface area contributed by atoms with Crippen molar-refractivity contribution in [1.82, 2.24) is 0 Å². The van der Waals surface area contributed by atoms with Gasteiger partial charge in [-0.05, 0) is 0 Å². The van der Waals surface area contributed by atoms with Crippen LogP contribution in [0.3, 0.4) is 0 Å². The maximum Gasteiger partial charge on any atom is 0.403 e. The number of ether oxygens (including phenoxy) is 12. The molecule has 0 fully saturated rings. The minimum atomic E-state index is -0.920. The molecule has 0 aliphatic heterocycles. The number of hydrogen-bond acceptors (Lipinski definition) is 16. The first kappa shape index (κ1) is 43.7. The Morgan fingerprint density at radius 1 is 0.311 bits per heavy atom. The average Bonchev–Trinajstić information content (AvgIpc) is 2.97. The zero-order valence-corrected chi connectivity index (χ0v) is 27.7. The van der Waals surface area contributed by atoms with Crippen LogP contribution in [0.4, 0.5) is 19.2 Å². The molecule has 0 rings (SSSR count). The molecule has 0 spiro atoms. The van der Waals surface area contributed by atoms with Crippen LogP contribution in [0.5, 0.6) is 0 Å². The lowest BCUT2D eigenvalue weighted by Gasteiger charge is -2.33. The fourth-order valence-corrected chi connectivity index (χ4v) is 3.32. The molecule has 264 valence electrons. The predicted molar refractivity (Wildman–Crippen MR) is 158 cm³/mol. The Morgan fingerprint density at radius 3 is 0.689 bits per heavy atom. The van der Waals surface area contributed by atoms with Gasteiger partial charge in [0.15, 0.2) is 0 Å². The van der Waals surface area contributed by atoms with Crippen molar-refractivity contribution in [2.24, 2.45) is 5.41 Å². The summed E-state index contributed by atoms with van der Waals surface area (Å²) in [6.07, 6.45) is 0. The zero-order chi connectivity index (χ0) is 33.4. The van der Waals surface area contributed by atoms with Crippen molar-refractivity contribution in [3.8, 4) is 0 Å². The number of halogens is 4. The Balaban J connectivity index is 4.95. The molecule has 0 amide bonds. The molecule has 45 heavy (non-hydrogen) atoms. The van der Waals surface area contributed by atoms with Gasteiger partial charge >= 0.3 is 21.7 Å². The molecule has 0 aliphatic rings. The van der Waals surface area contributed by atoms with Gasteiger partial charge in [-0.3, -0.25) is 0 Å². The molecule has 0 saturated carbocycles. The molecule has 0 heterocycles. The quantitative estimate of drug-likeness (QED) is 0.0555. The fourth-order valence-electron chi connectivity index (χ4n) is 3.01. The number of carbonyl (C=O) groups is 4. The summed E-state index contributed by atoms with van der Waals surface area (Å²) in [7, 11) is 0. The highest BCUT2D eigenvalue weighted by Gasteiger charge is 2.32. The molecule has 0 unspecified atom stereocenters. The Labute approximate surface area is 281 Å². The molecule has 20 heteroatoms. The van der Waals surface area contributed by atoms with Crippen LogP contribution in [0, 0.1) is 5.41 Å². The second kappa shape index (κ2) is 31.3. The van der Waals surface area contributed by atoms with Crippen LogP contribution in [0.25, 0.3) is 0 Å². The van der Waals surface area contributed by atoms with E-state index < -0.39 is 27.1 Å². The summed E-state index contributed by atoms with van der Waals surface area (Å²) < 4.78 is 63.2. The van der Waals surface area contributed by atoms with Gasteiger partial charge in [0, 0.05) is 46.4 Å². The Kier molecular flexibility index (Phi) is 30.4. The van der Waals surface area contributed by atoms with E-state index in [1.165, 1.54) is 0 Å². The molecule has 0 aromatic heterocycles. The lowest BCUT2D eigenvalue weighted by atomic mass is 9.92. The van der Waals surface area contributed by atoms with E-state index in [1.54, 1.807) is 0 Å². The SMILES string of the molecule is O=C(Cl)OCCOCCOCC(COCCOCCOC(=O)Cl)(COCCOCCOC(=O)Cl)COCCOCCOC(=O)Cl. The molecule has 0 aromatic carbocycles. The smallest absolute Gasteiger partial charge is 0.403 e. The summed E-state index contributed by atoms with van der Waals surface area (Å²) in [4.78, 5) is 42.5. The number of rotatable bonds is 32. The lowest BCUT2D eigenvalue weighted by molar-refractivity contribution is -0.122. The summed E-state index contributed by atoms with van der Waals surface area (Å²) in [5.41, 5.74) is -4.48. The van der Waals surface area contributed by atoms with Crippen LogP contribution in [0.15, 0.2) is 0 Å². The Morgan fingerprint density at radius 2 is 0.489 bits per heavy atom. The van der Waals surface area contributed by atoms with Gasteiger partial charge < -0.3 is 56.8 Å². The van der Waals surface area contributed by atoms with Crippen LogP contribution in [-0.4, -0.2) is 154 Å². The standard InChI is InChI=1S/C25H40Cl4O16/c26-21(30)42-13-9-34-1-5-38-17-25(18-39-6-2-35-10-14-43-22(27)31,19-40-7-3-36-11-15-44-23(28)32)20-41-8-4-37-12-16-45-24(29)33/h1-20H2. The van der Waals surface area contributed by atoms with E-state index in [-0.39, 0.29) is 132 Å². The first-order valence-electron chi connectivity index (χ1n) is 13.6. The second-order valence-corrected chi connectivity index (χ2v) is 9.74. The second-order valence-electron chi connectivity index (χ2n) is 8.50. The molecule has 16 nitrogen and oxygen atoms in total. The summed E-state index contributed by atoms with van der Waals surface area (Å²) in [5.74, 6) is 0. The van der Waals surface area contributed by atoms with E-state index in [9.17, 15) is 19.2 Å². The maximum atomic E-state index is 10.6. The molecule has 0 aromatic rings. The van der Waals surface area contributed by atoms with Gasteiger partial charge in [-0.25, -0.2) is 19.2 Å². The molecular weight excluding hydrogens is 698 g/mol. The van der Waals surface area contributed by atoms with Crippen molar-refractivity contribution >= 4 is 68.1 Å². The van der Waals surface area contributed by atoms with Gasteiger partial charge in [0.25, 0.3) is 0 Å². The summed E-state index contributed by atoms with van der Waals surface area (Å²) >= 11 is 20.4. The summed E-state index contributed by atoms with van der Waals surface area (Å²) in [6, 6.07) is 0. The minimum Gasteiger partial charge on any atom is -0.451 e. The zero-order valence-electron chi connectivity index (χ0n) is 24.7. The summed E-state index contributed by atoms with van der Waals surface area (Å²) in [5, 5.41) is 0. The largest absolute Gasteiger partial charge is 0.451 e. The van der Waals surface area contributed by atoms with Crippen molar-refractivity contribution in [2.75, 3.05) is 132 Å².